The molecular formula is C13H21NO5. The maximum Gasteiger partial charge on any atom is 0.347 e. The van der Waals surface area contributed by atoms with E-state index in [4.69, 9.17) is 9.47 Å². The molecule has 1 amide bonds. The van der Waals surface area contributed by atoms with Crippen molar-refractivity contribution in [3.05, 3.63) is 11.8 Å². The van der Waals surface area contributed by atoms with E-state index in [0.717, 1.165) is 25.5 Å². The second-order valence-electron chi connectivity index (χ2n) is 3.82. The maximum absolute atomic E-state index is 11.7. The number of amides is 1. The van der Waals surface area contributed by atoms with E-state index < -0.39 is 11.9 Å². The van der Waals surface area contributed by atoms with E-state index in [1.54, 1.807) is 6.92 Å². The zero-order chi connectivity index (χ0) is 14.7. The highest BCUT2D eigenvalue weighted by Gasteiger charge is 2.21. The number of ether oxygens (including phenoxy) is 2. The van der Waals surface area contributed by atoms with Crippen molar-refractivity contribution in [2.75, 3.05) is 13.2 Å². The van der Waals surface area contributed by atoms with E-state index in [0.29, 0.717) is 0 Å². The van der Waals surface area contributed by atoms with Crippen molar-refractivity contribution in [3.8, 4) is 0 Å². The summed E-state index contributed by atoms with van der Waals surface area (Å²) < 4.78 is 9.67. The van der Waals surface area contributed by atoms with Gasteiger partial charge in [-0.2, -0.15) is 0 Å². The quantitative estimate of drug-likeness (QED) is 0.236. The molecule has 0 bridgehead atoms. The number of hydrogen-bond donors (Lipinski definition) is 1. The molecule has 6 heteroatoms. The lowest BCUT2D eigenvalue weighted by atomic mass is 10.2. The Hall–Kier alpha value is -1.85. The Morgan fingerprint density at radius 2 is 1.68 bits per heavy atom. The summed E-state index contributed by atoms with van der Waals surface area (Å²) >= 11 is 0. The van der Waals surface area contributed by atoms with Crippen molar-refractivity contribution in [2.24, 2.45) is 0 Å². The van der Waals surface area contributed by atoms with Crippen LogP contribution >= 0.6 is 0 Å². The van der Waals surface area contributed by atoms with Crippen LogP contribution in [0.25, 0.3) is 0 Å². The van der Waals surface area contributed by atoms with Crippen molar-refractivity contribution in [1.29, 1.82) is 0 Å². The lowest BCUT2D eigenvalue weighted by Crippen LogP contribution is -2.23. The predicted molar refractivity (Wildman–Crippen MR) is 69.0 cm³/mol. The fraction of sp³-hybridized carbons (Fsp3) is 0.615. The molecule has 19 heavy (non-hydrogen) atoms. The first kappa shape index (κ1) is 17.2. The molecule has 0 aromatic rings. The van der Waals surface area contributed by atoms with E-state index in [1.165, 1.54) is 6.92 Å². The second-order valence-corrected chi connectivity index (χ2v) is 3.82. The first-order chi connectivity index (χ1) is 9.02. The summed E-state index contributed by atoms with van der Waals surface area (Å²) in [7, 11) is 0. The largest absolute Gasteiger partial charge is 0.462 e. The van der Waals surface area contributed by atoms with Gasteiger partial charge in [0.15, 0.2) is 5.57 Å². The third-order valence-corrected chi connectivity index (χ3v) is 2.12. The molecule has 0 atom stereocenters. The van der Waals surface area contributed by atoms with Gasteiger partial charge in [-0.15, -0.1) is 0 Å². The molecule has 0 aliphatic heterocycles. The zero-order valence-corrected chi connectivity index (χ0v) is 11.7. The fourth-order valence-corrected chi connectivity index (χ4v) is 1.18. The van der Waals surface area contributed by atoms with E-state index in [2.05, 4.69) is 5.32 Å². The monoisotopic (exact) mass is 271 g/mol. The van der Waals surface area contributed by atoms with Crippen LogP contribution in [0.4, 0.5) is 0 Å². The Bertz CT molecular complexity index is 349. The maximum atomic E-state index is 11.7. The van der Waals surface area contributed by atoms with Gasteiger partial charge in [-0.25, -0.2) is 9.59 Å². The van der Waals surface area contributed by atoms with Gasteiger partial charge in [0, 0.05) is 13.1 Å². The average molecular weight is 271 g/mol. The highest BCUT2D eigenvalue weighted by Crippen LogP contribution is 2.03. The Balaban J connectivity index is 4.54. The van der Waals surface area contributed by atoms with Crippen molar-refractivity contribution < 1.29 is 23.9 Å². The zero-order valence-electron chi connectivity index (χ0n) is 11.7. The lowest BCUT2D eigenvalue weighted by molar-refractivity contribution is -0.147. The van der Waals surface area contributed by atoms with Crippen LogP contribution in [0.2, 0.25) is 0 Å². The molecule has 0 aliphatic carbocycles. The first-order valence-corrected chi connectivity index (χ1v) is 6.34. The molecule has 0 fully saturated rings. The Morgan fingerprint density at radius 1 is 1.05 bits per heavy atom. The number of esters is 2. The van der Waals surface area contributed by atoms with Crippen LogP contribution in [0, 0.1) is 0 Å². The van der Waals surface area contributed by atoms with Crippen molar-refractivity contribution in [2.45, 2.75) is 40.0 Å². The number of hydrogen-bond acceptors (Lipinski definition) is 5. The number of carbonyl (C=O) groups is 3. The Kier molecular flexibility index (Phi) is 9.12. The molecule has 0 radical (unpaired) electrons. The van der Waals surface area contributed by atoms with Crippen LogP contribution in [0.15, 0.2) is 11.8 Å². The molecule has 0 aromatic heterocycles. The number of nitrogens with one attached hydrogen (secondary N) is 1. The second kappa shape index (κ2) is 10.1. The molecule has 0 aromatic carbocycles. The van der Waals surface area contributed by atoms with Crippen molar-refractivity contribution in [1.82, 2.24) is 5.32 Å². The lowest BCUT2D eigenvalue weighted by Gasteiger charge is -2.07. The minimum absolute atomic E-state index is 0.138. The molecule has 0 heterocycles. The molecule has 0 rings (SSSR count). The summed E-state index contributed by atoms with van der Waals surface area (Å²) in [6.45, 7) is 5.30. The van der Waals surface area contributed by atoms with Crippen LogP contribution in [0.1, 0.15) is 40.0 Å². The topological polar surface area (TPSA) is 81.7 Å². The Labute approximate surface area is 113 Å². The molecule has 6 nitrogen and oxygen atoms in total. The predicted octanol–water partition coefficient (Wildman–Crippen LogP) is 1.30. The normalized spacial score (nSPS) is 10.8. The summed E-state index contributed by atoms with van der Waals surface area (Å²) in [5, 5.41) is 2.26. The third kappa shape index (κ3) is 7.96. The van der Waals surface area contributed by atoms with Crippen LogP contribution in [0.5, 0.6) is 0 Å². The summed E-state index contributed by atoms with van der Waals surface area (Å²) in [5.74, 6) is -1.99. The number of carbonyl (C=O) groups excluding carboxylic acids is 3. The van der Waals surface area contributed by atoms with Gasteiger partial charge in [-0.1, -0.05) is 19.8 Å². The highest BCUT2D eigenvalue weighted by atomic mass is 16.6. The summed E-state index contributed by atoms with van der Waals surface area (Å²) in [6.07, 6.45) is 3.70. The molecule has 0 saturated carbocycles. The van der Waals surface area contributed by atoms with E-state index in [-0.39, 0.29) is 24.7 Å². The fourth-order valence-electron chi connectivity index (χ4n) is 1.18. The van der Waals surface area contributed by atoms with Crippen LogP contribution in [-0.2, 0) is 23.9 Å². The molecule has 0 spiro atoms. The standard InChI is InChI=1S/C13H21NO5/c1-4-6-7-8-19-13(17)11(9-14-10(3)15)12(16)18-5-2/h9H,4-8H2,1-3H3,(H,14,15)/b11-9+. The van der Waals surface area contributed by atoms with Gasteiger partial charge >= 0.3 is 11.9 Å². The number of unbranched alkanes of at least 4 members (excludes halogenated alkanes) is 2. The van der Waals surface area contributed by atoms with E-state index in [1.807, 2.05) is 6.92 Å². The minimum Gasteiger partial charge on any atom is -0.462 e. The molecular weight excluding hydrogens is 250 g/mol. The minimum atomic E-state index is -0.809. The van der Waals surface area contributed by atoms with E-state index in [9.17, 15) is 14.4 Å². The molecule has 108 valence electrons. The van der Waals surface area contributed by atoms with Crippen LogP contribution in [-0.4, -0.2) is 31.1 Å². The SMILES string of the molecule is CCCCCOC(=O)/C(=C/NC(C)=O)C(=O)OCC. The highest BCUT2D eigenvalue weighted by molar-refractivity contribution is 6.14. The summed E-state index contributed by atoms with van der Waals surface area (Å²) in [5.41, 5.74) is -0.312. The summed E-state index contributed by atoms with van der Waals surface area (Å²) in [4.78, 5) is 34.0. The van der Waals surface area contributed by atoms with Crippen LogP contribution < -0.4 is 5.32 Å². The molecule has 0 aliphatic rings. The van der Waals surface area contributed by atoms with Gasteiger partial charge < -0.3 is 14.8 Å². The van der Waals surface area contributed by atoms with Gasteiger partial charge in [0.1, 0.15) is 0 Å². The van der Waals surface area contributed by atoms with Crippen molar-refractivity contribution in [3.63, 3.8) is 0 Å². The Morgan fingerprint density at radius 3 is 2.21 bits per heavy atom. The third-order valence-electron chi connectivity index (χ3n) is 2.12. The van der Waals surface area contributed by atoms with E-state index >= 15 is 0 Å². The first-order valence-electron chi connectivity index (χ1n) is 6.34. The van der Waals surface area contributed by atoms with Gasteiger partial charge in [0.05, 0.1) is 13.2 Å². The van der Waals surface area contributed by atoms with Crippen LogP contribution in [0.3, 0.4) is 0 Å². The molecule has 0 unspecified atom stereocenters. The van der Waals surface area contributed by atoms with Gasteiger partial charge in [0.25, 0.3) is 0 Å². The van der Waals surface area contributed by atoms with Gasteiger partial charge in [0.2, 0.25) is 5.91 Å². The molecule has 1 N–H and O–H groups in total. The smallest absolute Gasteiger partial charge is 0.347 e. The average Bonchev–Trinajstić information content (AvgIpc) is 2.35. The van der Waals surface area contributed by atoms with Crippen molar-refractivity contribution >= 4 is 17.8 Å². The van der Waals surface area contributed by atoms with Gasteiger partial charge in [-0.3, -0.25) is 4.79 Å². The number of rotatable bonds is 8. The molecule has 0 saturated heterocycles. The summed E-state index contributed by atoms with van der Waals surface area (Å²) in [6, 6.07) is 0. The van der Waals surface area contributed by atoms with Gasteiger partial charge in [-0.05, 0) is 13.3 Å².